The molecule has 0 bridgehead atoms. The van der Waals surface area contributed by atoms with Gasteiger partial charge in [0.25, 0.3) is 0 Å². The highest BCUT2D eigenvalue weighted by molar-refractivity contribution is 5.11. The molecular weight excluding hydrogens is 238 g/mol. The molecule has 3 nitrogen and oxygen atoms in total. The molecule has 19 heavy (non-hydrogen) atoms. The maximum atomic E-state index is 5.87. The first-order valence-corrected chi connectivity index (χ1v) is 8.26. The van der Waals surface area contributed by atoms with Crippen LogP contribution in [0, 0.1) is 5.41 Å². The molecule has 2 fully saturated rings. The van der Waals surface area contributed by atoms with Gasteiger partial charge in [-0.3, -0.25) is 0 Å². The van der Waals surface area contributed by atoms with Crippen molar-refractivity contribution in [1.82, 2.24) is 5.32 Å². The number of nitrogens with one attached hydrogen (secondary N) is 1. The minimum absolute atomic E-state index is 0.499. The van der Waals surface area contributed by atoms with Gasteiger partial charge >= 0.3 is 0 Å². The van der Waals surface area contributed by atoms with Gasteiger partial charge in [-0.25, -0.2) is 0 Å². The van der Waals surface area contributed by atoms with Crippen LogP contribution in [0.25, 0.3) is 0 Å². The highest BCUT2D eigenvalue weighted by Gasteiger charge is 2.58. The summed E-state index contributed by atoms with van der Waals surface area (Å²) in [5.74, 6) is 0. The van der Waals surface area contributed by atoms with E-state index in [2.05, 4.69) is 19.2 Å². The molecule has 0 aliphatic heterocycles. The Morgan fingerprint density at radius 1 is 1.16 bits per heavy atom. The molecule has 0 amide bonds. The number of unbranched alkanes of at least 4 members (excludes halogenated alkanes) is 1. The summed E-state index contributed by atoms with van der Waals surface area (Å²) in [6.07, 6.45) is 9.41. The molecule has 0 saturated heterocycles. The number of rotatable bonds is 10. The van der Waals surface area contributed by atoms with E-state index in [9.17, 15) is 0 Å². The summed E-state index contributed by atoms with van der Waals surface area (Å²) in [5.41, 5.74) is 0.499. The van der Waals surface area contributed by atoms with Crippen LogP contribution < -0.4 is 5.32 Å². The second kappa shape index (κ2) is 7.61. The van der Waals surface area contributed by atoms with Gasteiger partial charge in [0.1, 0.15) is 0 Å². The molecule has 0 aromatic heterocycles. The van der Waals surface area contributed by atoms with Crippen LogP contribution in [0.2, 0.25) is 0 Å². The Bertz CT molecular complexity index is 253. The smallest absolute Gasteiger partial charge is 0.0661 e. The first-order valence-electron chi connectivity index (χ1n) is 8.26. The highest BCUT2D eigenvalue weighted by atomic mass is 16.5. The molecule has 3 heteroatoms. The second-order valence-corrected chi connectivity index (χ2v) is 6.09. The van der Waals surface area contributed by atoms with Gasteiger partial charge in [0.2, 0.25) is 0 Å². The normalized spacial score (nSPS) is 28.1. The Morgan fingerprint density at radius 2 is 1.95 bits per heavy atom. The lowest BCUT2D eigenvalue weighted by Gasteiger charge is -2.61. The zero-order chi connectivity index (χ0) is 13.6. The highest BCUT2D eigenvalue weighted by Crippen LogP contribution is 2.57. The summed E-state index contributed by atoms with van der Waals surface area (Å²) in [6, 6.07) is 0.702. The molecule has 0 heterocycles. The summed E-state index contributed by atoms with van der Waals surface area (Å²) < 4.78 is 11.5. The lowest BCUT2D eigenvalue weighted by atomic mass is 9.51. The molecular formula is C16H31NO2. The minimum atomic E-state index is 0.499. The summed E-state index contributed by atoms with van der Waals surface area (Å²) in [6.45, 7) is 8.11. The summed E-state index contributed by atoms with van der Waals surface area (Å²) >= 11 is 0. The molecule has 0 radical (unpaired) electrons. The Hall–Kier alpha value is -0.120. The zero-order valence-corrected chi connectivity index (χ0v) is 12.7. The van der Waals surface area contributed by atoms with Crippen LogP contribution >= 0.6 is 0 Å². The molecule has 0 aromatic carbocycles. The van der Waals surface area contributed by atoms with E-state index < -0.39 is 0 Å². The average molecular weight is 269 g/mol. The third-order valence-corrected chi connectivity index (χ3v) is 4.94. The van der Waals surface area contributed by atoms with Gasteiger partial charge in [-0.2, -0.15) is 0 Å². The van der Waals surface area contributed by atoms with Crippen molar-refractivity contribution in [2.75, 3.05) is 26.4 Å². The van der Waals surface area contributed by atoms with Crippen LogP contribution in [0.15, 0.2) is 0 Å². The van der Waals surface area contributed by atoms with Crippen molar-refractivity contribution in [3.05, 3.63) is 0 Å². The Kier molecular flexibility index (Phi) is 6.11. The lowest BCUT2D eigenvalue weighted by molar-refractivity contribution is -0.172. The van der Waals surface area contributed by atoms with E-state index in [-0.39, 0.29) is 0 Å². The monoisotopic (exact) mass is 269 g/mol. The van der Waals surface area contributed by atoms with Crippen molar-refractivity contribution in [2.24, 2.45) is 5.41 Å². The van der Waals surface area contributed by atoms with Gasteiger partial charge < -0.3 is 14.8 Å². The molecule has 0 aromatic rings. The van der Waals surface area contributed by atoms with Gasteiger partial charge in [-0.1, -0.05) is 19.8 Å². The third kappa shape index (κ3) is 3.50. The molecule has 2 aliphatic carbocycles. The Morgan fingerprint density at radius 3 is 2.58 bits per heavy atom. The number of hydrogen-bond donors (Lipinski definition) is 1. The molecule has 2 unspecified atom stereocenters. The molecule has 2 saturated carbocycles. The van der Waals surface area contributed by atoms with Crippen molar-refractivity contribution >= 4 is 0 Å². The standard InChI is InChI=1S/C16H31NO2/c1-3-5-11-18-12-7-10-17-14-13-15(19-4-2)16(14)8-6-9-16/h14-15,17H,3-13H2,1-2H3. The molecule has 2 aliphatic rings. The Labute approximate surface area is 118 Å². The lowest BCUT2D eigenvalue weighted by Crippen LogP contribution is -2.67. The van der Waals surface area contributed by atoms with Gasteiger partial charge in [-0.15, -0.1) is 0 Å². The van der Waals surface area contributed by atoms with Crippen molar-refractivity contribution in [2.45, 2.75) is 70.9 Å². The fourth-order valence-electron chi connectivity index (χ4n) is 3.52. The summed E-state index contributed by atoms with van der Waals surface area (Å²) in [4.78, 5) is 0. The van der Waals surface area contributed by atoms with Gasteiger partial charge in [0, 0.05) is 31.3 Å². The van der Waals surface area contributed by atoms with Gasteiger partial charge in [0.05, 0.1) is 6.10 Å². The van der Waals surface area contributed by atoms with Crippen LogP contribution in [0.5, 0.6) is 0 Å². The maximum absolute atomic E-state index is 5.87. The van der Waals surface area contributed by atoms with E-state index in [1.807, 2.05) is 0 Å². The zero-order valence-electron chi connectivity index (χ0n) is 12.7. The van der Waals surface area contributed by atoms with Crippen LogP contribution in [0.4, 0.5) is 0 Å². The summed E-state index contributed by atoms with van der Waals surface area (Å²) in [7, 11) is 0. The SMILES string of the molecule is CCCCOCCCNC1CC(OCC)C12CCC2. The molecule has 2 rings (SSSR count). The van der Waals surface area contributed by atoms with E-state index in [0.717, 1.165) is 32.8 Å². The number of ether oxygens (including phenoxy) is 2. The molecule has 1 N–H and O–H groups in total. The largest absolute Gasteiger partial charge is 0.381 e. The van der Waals surface area contributed by atoms with Crippen molar-refractivity contribution in [3.63, 3.8) is 0 Å². The van der Waals surface area contributed by atoms with E-state index >= 15 is 0 Å². The van der Waals surface area contributed by atoms with Crippen LogP contribution in [0.1, 0.15) is 58.8 Å². The topological polar surface area (TPSA) is 30.5 Å². The maximum Gasteiger partial charge on any atom is 0.0661 e. The van der Waals surface area contributed by atoms with Crippen LogP contribution in [-0.4, -0.2) is 38.5 Å². The predicted octanol–water partition coefficient (Wildman–Crippen LogP) is 3.13. The second-order valence-electron chi connectivity index (χ2n) is 6.09. The first-order chi connectivity index (χ1) is 9.33. The van der Waals surface area contributed by atoms with E-state index in [0.29, 0.717) is 17.6 Å². The first kappa shape index (κ1) is 15.3. The van der Waals surface area contributed by atoms with E-state index in [4.69, 9.17) is 9.47 Å². The molecule has 1 spiro atoms. The summed E-state index contributed by atoms with van der Waals surface area (Å²) in [5, 5.41) is 3.73. The van der Waals surface area contributed by atoms with Gasteiger partial charge in [-0.05, 0) is 45.6 Å². The molecule has 112 valence electrons. The third-order valence-electron chi connectivity index (χ3n) is 4.94. The minimum Gasteiger partial charge on any atom is -0.381 e. The Balaban J connectivity index is 1.55. The van der Waals surface area contributed by atoms with Crippen LogP contribution in [0.3, 0.4) is 0 Å². The molecule has 2 atom stereocenters. The number of hydrogen-bond acceptors (Lipinski definition) is 3. The predicted molar refractivity (Wildman–Crippen MR) is 78.4 cm³/mol. The quantitative estimate of drug-likeness (QED) is 0.618. The van der Waals surface area contributed by atoms with Crippen molar-refractivity contribution in [1.29, 1.82) is 0 Å². The van der Waals surface area contributed by atoms with Crippen LogP contribution in [-0.2, 0) is 9.47 Å². The fraction of sp³-hybridized carbons (Fsp3) is 1.00. The van der Waals surface area contributed by atoms with Crippen molar-refractivity contribution in [3.8, 4) is 0 Å². The van der Waals surface area contributed by atoms with E-state index in [1.165, 1.54) is 38.5 Å². The fourth-order valence-corrected chi connectivity index (χ4v) is 3.52. The average Bonchev–Trinajstić information content (AvgIpc) is 2.33. The van der Waals surface area contributed by atoms with E-state index in [1.54, 1.807) is 0 Å². The van der Waals surface area contributed by atoms with Gasteiger partial charge in [0.15, 0.2) is 0 Å². The van der Waals surface area contributed by atoms with Crippen molar-refractivity contribution < 1.29 is 9.47 Å².